The third kappa shape index (κ3) is 3.85. The second-order valence-corrected chi connectivity index (χ2v) is 4.59. The third-order valence-corrected chi connectivity index (χ3v) is 2.79. The summed E-state index contributed by atoms with van der Waals surface area (Å²) < 4.78 is 5.58. The molecular weight excluding hydrogens is 304 g/mol. The van der Waals surface area contributed by atoms with E-state index in [1.807, 2.05) is 0 Å². The minimum Gasteiger partial charge on any atom is -0.444 e. The lowest BCUT2D eigenvalue weighted by Crippen LogP contribution is -2.40. The van der Waals surface area contributed by atoms with Crippen LogP contribution in [-0.2, 0) is 4.79 Å². The molecule has 0 atom stereocenters. The summed E-state index contributed by atoms with van der Waals surface area (Å²) >= 11 is 3.10. The summed E-state index contributed by atoms with van der Waals surface area (Å²) in [6, 6.07) is 3.14. The minimum absolute atomic E-state index is 0.0619. The van der Waals surface area contributed by atoms with Crippen LogP contribution in [0.3, 0.4) is 0 Å². The molecular formula is C11H15BrN2O4. The fourth-order valence-corrected chi connectivity index (χ4v) is 1.59. The lowest BCUT2D eigenvalue weighted by Gasteiger charge is -2.20. The van der Waals surface area contributed by atoms with E-state index in [1.165, 1.54) is 22.9 Å². The van der Waals surface area contributed by atoms with Gasteiger partial charge in [-0.25, -0.2) is 0 Å². The lowest BCUT2D eigenvalue weighted by molar-refractivity contribution is -0.130. The fraction of sp³-hybridized carbons (Fsp3) is 0.455. The summed E-state index contributed by atoms with van der Waals surface area (Å²) in [7, 11) is 3.09. The summed E-state index contributed by atoms with van der Waals surface area (Å²) in [6.07, 6.45) is 0. The number of rotatable bonds is 5. The van der Waals surface area contributed by atoms with Crippen LogP contribution in [0.15, 0.2) is 21.2 Å². The SMILES string of the molecule is CN(CCO)C(=O)CN(C)C(=O)c1ccc(Br)o1. The average Bonchev–Trinajstić information content (AvgIpc) is 2.75. The van der Waals surface area contributed by atoms with Crippen LogP contribution in [0.2, 0.25) is 0 Å². The van der Waals surface area contributed by atoms with Gasteiger partial charge in [-0.15, -0.1) is 0 Å². The average molecular weight is 319 g/mol. The first-order chi connectivity index (χ1) is 8.45. The molecule has 0 saturated heterocycles. The number of amides is 2. The van der Waals surface area contributed by atoms with Gasteiger partial charge in [0.25, 0.3) is 5.91 Å². The summed E-state index contributed by atoms with van der Waals surface area (Å²) in [5.74, 6) is -0.445. The Hall–Kier alpha value is -1.34. The van der Waals surface area contributed by atoms with Crippen molar-refractivity contribution in [1.29, 1.82) is 0 Å². The summed E-state index contributed by atoms with van der Waals surface area (Å²) in [4.78, 5) is 26.2. The van der Waals surface area contributed by atoms with E-state index in [0.717, 1.165) is 0 Å². The number of carbonyl (C=O) groups excluding carboxylic acids is 2. The van der Waals surface area contributed by atoms with Crippen LogP contribution in [0, 0.1) is 0 Å². The Balaban J connectivity index is 2.57. The lowest BCUT2D eigenvalue weighted by atomic mass is 10.3. The predicted molar refractivity (Wildman–Crippen MR) is 68.1 cm³/mol. The van der Waals surface area contributed by atoms with Crippen LogP contribution in [0.1, 0.15) is 10.6 Å². The van der Waals surface area contributed by atoms with E-state index < -0.39 is 0 Å². The minimum atomic E-state index is -0.369. The standard InChI is InChI=1S/C11H15BrN2O4/c1-13(5-6-15)10(16)7-14(2)11(17)8-3-4-9(12)18-8/h3-4,15H,5-7H2,1-2H3. The molecule has 100 valence electrons. The molecule has 0 saturated carbocycles. The van der Waals surface area contributed by atoms with E-state index >= 15 is 0 Å². The number of hydrogen-bond acceptors (Lipinski definition) is 4. The number of aliphatic hydroxyl groups excluding tert-OH is 1. The van der Waals surface area contributed by atoms with Gasteiger partial charge in [0.05, 0.1) is 13.2 Å². The molecule has 6 nitrogen and oxygen atoms in total. The van der Waals surface area contributed by atoms with Crippen molar-refractivity contribution < 1.29 is 19.1 Å². The highest BCUT2D eigenvalue weighted by Crippen LogP contribution is 2.15. The number of halogens is 1. The normalized spacial score (nSPS) is 10.2. The number of furan rings is 1. The second kappa shape index (κ2) is 6.55. The van der Waals surface area contributed by atoms with Crippen molar-refractivity contribution in [3.05, 3.63) is 22.6 Å². The highest BCUT2D eigenvalue weighted by atomic mass is 79.9. The van der Waals surface area contributed by atoms with Crippen LogP contribution in [0.5, 0.6) is 0 Å². The Labute approximate surface area is 113 Å². The van der Waals surface area contributed by atoms with Gasteiger partial charge in [-0.1, -0.05) is 0 Å². The fourth-order valence-electron chi connectivity index (χ4n) is 1.29. The van der Waals surface area contributed by atoms with Crippen molar-refractivity contribution in [3.8, 4) is 0 Å². The first-order valence-electron chi connectivity index (χ1n) is 5.31. The van der Waals surface area contributed by atoms with Gasteiger partial charge >= 0.3 is 0 Å². The highest BCUT2D eigenvalue weighted by Gasteiger charge is 2.19. The van der Waals surface area contributed by atoms with E-state index in [4.69, 9.17) is 9.52 Å². The molecule has 7 heteroatoms. The second-order valence-electron chi connectivity index (χ2n) is 3.80. The molecule has 1 aromatic heterocycles. The van der Waals surface area contributed by atoms with Crippen molar-refractivity contribution in [1.82, 2.24) is 9.80 Å². The smallest absolute Gasteiger partial charge is 0.289 e. The molecule has 0 fully saturated rings. The largest absolute Gasteiger partial charge is 0.444 e. The number of aliphatic hydroxyl groups is 1. The number of likely N-dealkylation sites (N-methyl/N-ethyl adjacent to an activating group) is 2. The van der Waals surface area contributed by atoms with E-state index in [9.17, 15) is 9.59 Å². The van der Waals surface area contributed by atoms with E-state index in [0.29, 0.717) is 4.67 Å². The van der Waals surface area contributed by atoms with Crippen molar-refractivity contribution in [2.45, 2.75) is 0 Å². The van der Waals surface area contributed by atoms with Crippen LogP contribution in [0.25, 0.3) is 0 Å². The molecule has 0 aliphatic carbocycles. The number of hydrogen-bond donors (Lipinski definition) is 1. The molecule has 0 unspecified atom stereocenters. The molecule has 0 aliphatic rings. The Morgan fingerprint density at radius 2 is 2.00 bits per heavy atom. The summed E-state index contributed by atoms with van der Waals surface area (Å²) in [5, 5.41) is 8.71. The van der Waals surface area contributed by atoms with Crippen LogP contribution in [0.4, 0.5) is 0 Å². The molecule has 0 spiro atoms. The van der Waals surface area contributed by atoms with Crippen molar-refractivity contribution in [2.24, 2.45) is 0 Å². The van der Waals surface area contributed by atoms with Gasteiger partial charge in [0.15, 0.2) is 10.4 Å². The maximum absolute atomic E-state index is 11.9. The first-order valence-corrected chi connectivity index (χ1v) is 6.10. The van der Waals surface area contributed by atoms with E-state index in [-0.39, 0.29) is 37.3 Å². The van der Waals surface area contributed by atoms with Crippen LogP contribution >= 0.6 is 15.9 Å². The number of nitrogens with zero attached hydrogens (tertiary/aromatic N) is 2. The zero-order chi connectivity index (χ0) is 13.7. The van der Waals surface area contributed by atoms with Crippen molar-refractivity contribution in [3.63, 3.8) is 0 Å². The molecule has 1 aromatic rings. The van der Waals surface area contributed by atoms with Gasteiger partial charge < -0.3 is 19.3 Å². The number of carbonyl (C=O) groups is 2. The molecule has 0 aromatic carbocycles. The quantitative estimate of drug-likeness (QED) is 0.861. The van der Waals surface area contributed by atoms with E-state index in [2.05, 4.69) is 15.9 Å². The Kier molecular flexibility index (Phi) is 5.36. The maximum atomic E-state index is 11.9. The van der Waals surface area contributed by atoms with Crippen molar-refractivity contribution >= 4 is 27.7 Å². The van der Waals surface area contributed by atoms with E-state index in [1.54, 1.807) is 13.1 Å². The zero-order valence-electron chi connectivity index (χ0n) is 10.2. The zero-order valence-corrected chi connectivity index (χ0v) is 11.8. The monoisotopic (exact) mass is 318 g/mol. The van der Waals surface area contributed by atoms with Crippen LogP contribution < -0.4 is 0 Å². The maximum Gasteiger partial charge on any atom is 0.289 e. The Morgan fingerprint density at radius 1 is 1.33 bits per heavy atom. The van der Waals surface area contributed by atoms with Gasteiger partial charge in [0.1, 0.15) is 0 Å². The molecule has 1 heterocycles. The Bertz CT molecular complexity index is 432. The Morgan fingerprint density at radius 3 is 2.50 bits per heavy atom. The highest BCUT2D eigenvalue weighted by molar-refractivity contribution is 9.10. The van der Waals surface area contributed by atoms with Gasteiger partial charge in [0.2, 0.25) is 5.91 Å². The molecule has 0 radical (unpaired) electrons. The molecule has 18 heavy (non-hydrogen) atoms. The first kappa shape index (κ1) is 14.7. The predicted octanol–water partition coefficient (Wildman–Crippen LogP) is 0.565. The topological polar surface area (TPSA) is 74.0 Å². The molecule has 0 aliphatic heterocycles. The molecule has 0 bridgehead atoms. The van der Waals surface area contributed by atoms with Gasteiger partial charge in [-0.3, -0.25) is 9.59 Å². The molecule has 1 N–H and O–H groups in total. The molecule has 2 amide bonds. The summed E-state index contributed by atoms with van der Waals surface area (Å²) in [6.45, 7) is 0.0752. The van der Waals surface area contributed by atoms with Gasteiger partial charge in [-0.2, -0.15) is 0 Å². The summed E-state index contributed by atoms with van der Waals surface area (Å²) in [5.41, 5.74) is 0. The third-order valence-electron chi connectivity index (χ3n) is 2.36. The van der Waals surface area contributed by atoms with Gasteiger partial charge in [0, 0.05) is 20.6 Å². The van der Waals surface area contributed by atoms with Crippen molar-refractivity contribution in [2.75, 3.05) is 33.8 Å². The van der Waals surface area contributed by atoms with Crippen LogP contribution in [-0.4, -0.2) is 60.5 Å². The molecule has 1 rings (SSSR count). The van der Waals surface area contributed by atoms with Gasteiger partial charge in [-0.05, 0) is 28.1 Å².